The Morgan fingerprint density at radius 3 is 2.74 bits per heavy atom. The minimum absolute atomic E-state index is 0.147. The number of aromatic nitrogens is 2. The highest BCUT2D eigenvalue weighted by molar-refractivity contribution is 5.92. The second-order valence-electron chi connectivity index (χ2n) is 4.16. The zero-order valence-electron chi connectivity index (χ0n) is 11.3. The van der Waals surface area contributed by atoms with Crippen molar-refractivity contribution in [1.82, 2.24) is 15.1 Å². The molecule has 1 heterocycles. The van der Waals surface area contributed by atoms with Gasteiger partial charge in [0.2, 0.25) is 0 Å². The highest BCUT2D eigenvalue weighted by Crippen LogP contribution is 2.04. The number of carbonyl (C=O) groups is 2. The summed E-state index contributed by atoms with van der Waals surface area (Å²) >= 11 is 0. The second-order valence-corrected chi connectivity index (χ2v) is 4.16. The van der Waals surface area contributed by atoms with Crippen LogP contribution in [0.4, 0.5) is 0 Å². The number of rotatable bonds is 7. The average molecular weight is 269 g/mol. The molecule has 0 saturated carbocycles. The van der Waals surface area contributed by atoms with E-state index in [0.717, 1.165) is 12.1 Å². The number of carboxylic acids is 1. The van der Waals surface area contributed by atoms with Gasteiger partial charge in [0.15, 0.2) is 0 Å². The molecule has 0 aromatic carbocycles. The first-order valence-electron chi connectivity index (χ1n) is 6.03. The molecule has 0 bridgehead atoms. The molecule has 2 N–H and O–H groups in total. The van der Waals surface area contributed by atoms with Gasteiger partial charge in [0.05, 0.1) is 18.2 Å². The summed E-state index contributed by atoms with van der Waals surface area (Å²) in [5, 5.41) is 15.5. The van der Waals surface area contributed by atoms with E-state index in [-0.39, 0.29) is 18.9 Å². The number of ether oxygens (including phenoxy) is 1. The number of carbonyl (C=O) groups excluding carboxylic acids is 1. The first-order valence-corrected chi connectivity index (χ1v) is 6.03. The van der Waals surface area contributed by atoms with Gasteiger partial charge in [-0.1, -0.05) is 6.92 Å². The van der Waals surface area contributed by atoms with Crippen LogP contribution >= 0.6 is 0 Å². The molecule has 0 spiro atoms. The van der Waals surface area contributed by atoms with Crippen LogP contribution in [0.5, 0.6) is 0 Å². The van der Waals surface area contributed by atoms with Crippen LogP contribution in [0.3, 0.4) is 0 Å². The van der Waals surface area contributed by atoms with E-state index in [4.69, 9.17) is 9.84 Å². The van der Waals surface area contributed by atoms with E-state index in [9.17, 15) is 9.59 Å². The highest BCUT2D eigenvalue weighted by Gasteiger charge is 2.16. The monoisotopic (exact) mass is 269 g/mol. The Morgan fingerprint density at radius 2 is 2.26 bits per heavy atom. The van der Waals surface area contributed by atoms with Crippen molar-refractivity contribution in [1.29, 1.82) is 0 Å². The van der Waals surface area contributed by atoms with Crippen LogP contribution < -0.4 is 5.32 Å². The molecule has 0 aliphatic heterocycles. The third kappa shape index (κ3) is 4.36. The lowest BCUT2D eigenvalue weighted by Gasteiger charge is -2.13. The highest BCUT2D eigenvalue weighted by atomic mass is 16.5. The van der Waals surface area contributed by atoms with E-state index in [0.29, 0.717) is 5.69 Å². The largest absolute Gasteiger partial charge is 0.481 e. The summed E-state index contributed by atoms with van der Waals surface area (Å²) in [4.78, 5) is 22.5. The molecule has 0 radical (unpaired) electrons. The maximum absolute atomic E-state index is 11.9. The van der Waals surface area contributed by atoms with Gasteiger partial charge in [-0.15, -0.1) is 0 Å². The Kier molecular flexibility index (Phi) is 5.50. The van der Waals surface area contributed by atoms with Crippen molar-refractivity contribution in [3.63, 3.8) is 0 Å². The molecule has 7 heteroatoms. The predicted molar refractivity (Wildman–Crippen MR) is 68.0 cm³/mol. The van der Waals surface area contributed by atoms with Crippen molar-refractivity contribution in [2.75, 3.05) is 13.7 Å². The maximum atomic E-state index is 11.9. The fourth-order valence-corrected chi connectivity index (χ4v) is 1.64. The summed E-state index contributed by atoms with van der Waals surface area (Å²) < 4.78 is 6.49. The number of carboxylic acid groups (broad SMARTS) is 1. The van der Waals surface area contributed by atoms with E-state index in [1.165, 1.54) is 11.8 Å². The summed E-state index contributed by atoms with van der Waals surface area (Å²) in [6.07, 6.45) is 0.0590. The minimum atomic E-state index is -0.963. The Hall–Kier alpha value is -1.89. The molecule has 0 saturated heterocycles. The van der Waals surface area contributed by atoms with Gasteiger partial charge < -0.3 is 15.2 Å². The number of nitrogens with zero attached hydrogens (tertiary/aromatic N) is 2. The van der Waals surface area contributed by atoms with E-state index in [1.807, 2.05) is 6.92 Å². The molecule has 106 valence electrons. The molecule has 19 heavy (non-hydrogen) atoms. The minimum Gasteiger partial charge on any atom is -0.481 e. The van der Waals surface area contributed by atoms with Crippen LogP contribution in [0.2, 0.25) is 0 Å². The van der Waals surface area contributed by atoms with Crippen molar-refractivity contribution in [3.8, 4) is 0 Å². The van der Waals surface area contributed by atoms with Crippen molar-refractivity contribution in [2.45, 2.75) is 25.9 Å². The molecule has 7 nitrogen and oxygen atoms in total. The molecule has 1 atom stereocenters. The average Bonchev–Trinajstić information content (AvgIpc) is 2.75. The number of hydrogen-bond acceptors (Lipinski definition) is 4. The molecule has 1 aromatic heterocycles. The number of nitrogens with one attached hydrogen (secondary N) is 1. The van der Waals surface area contributed by atoms with E-state index in [1.54, 1.807) is 13.1 Å². The summed E-state index contributed by atoms with van der Waals surface area (Å²) in [6.45, 7) is 2.10. The summed E-state index contributed by atoms with van der Waals surface area (Å²) in [6, 6.07) is 1.72. The lowest BCUT2D eigenvalue weighted by molar-refractivity contribution is -0.139. The summed E-state index contributed by atoms with van der Waals surface area (Å²) in [5.41, 5.74) is 1.28. The van der Waals surface area contributed by atoms with Gasteiger partial charge in [-0.05, 0) is 12.5 Å². The molecule has 1 aromatic rings. The van der Waals surface area contributed by atoms with Crippen LogP contribution in [0.15, 0.2) is 6.07 Å². The molecule has 0 aliphatic carbocycles. The normalized spacial score (nSPS) is 12.2. The first-order chi connectivity index (χ1) is 8.97. The van der Waals surface area contributed by atoms with Gasteiger partial charge in [-0.3, -0.25) is 14.3 Å². The van der Waals surface area contributed by atoms with E-state index in [2.05, 4.69) is 10.4 Å². The second kappa shape index (κ2) is 6.89. The fourth-order valence-electron chi connectivity index (χ4n) is 1.64. The molecule has 1 rings (SSSR count). The molecule has 0 fully saturated rings. The standard InChI is InChI=1S/C12H19N3O4/c1-4-8-5-10(15(2)14-8)12(18)13-7-9(19-3)6-11(16)17/h5,9H,4,6-7H2,1-3H3,(H,13,18)(H,16,17). The number of methoxy groups -OCH3 is 1. The predicted octanol–water partition coefficient (Wildman–Crippen LogP) is 0.202. The van der Waals surface area contributed by atoms with Crippen molar-refractivity contribution in [2.24, 2.45) is 7.05 Å². The SMILES string of the molecule is CCc1cc(C(=O)NCC(CC(=O)O)OC)n(C)n1. The topological polar surface area (TPSA) is 93.5 Å². The molecule has 1 amide bonds. The zero-order valence-corrected chi connectivity index (χ0v) is 11.3. The van der Waals surface area contributed by atoms with Crippen LogP contribution in [-0.4, -0.2) is 46.5 Å². The van der Waals surface area contributed by atoms with Crippen LogP contribution in [0, 0.1) is 0 Å². The quantitative estimate of drug-likeness (QED) is 0.737. The number of hydrogen-bond donors (Lipinski definition) is 2. The van der Waals surface area contributed by atoms with Gasteiger partial charge in [0, 0.05) is 20.7 Å². The summed E-state index contributed by atoms with van der Waals surface area (Å²) in [5.74, 6) is -1.25. The van der Waals surface area contributed by atoms with Crippen molar-refractivity contribution < 1.29 is 19.4 Å². The number of amides is 1. The van der Waals surface area contributed by atoms with Gasteiger partial charge in [0.1, 0.15) is 5.69 Å². The fraction of sp³-hybridized carbons (Fsp3) is 0.583. The third-order valence-corrected chi connectivity index (χ3v) is 2.75. The van der Waals surface area contributed by atoms with Gasteiger partial charge in [-0.25, -0.2) is 0 Å². The van der Waals surface area contributed by atoms with Gasteiger partial charge in [-0.2, -0.15) is 5.10 Å². The number of aryl methyl sites for hydroxylation is 2. The smallest absolute Gasteiger partial charge is 0.306 e. The zero-order chi connectivity index (χ0) is 14.4. The Labute approximate surface area is 111 Å². The third-order valence-electron chi connectivity index (χ3n) is 2.75. The molecular weight excluding hydrogens is 250 g/mol. The lowest BCUT2D eigenvalue weighted by Crippen LogP contribution is -2.35. The Morgan fingerprint density at radius 1 is 1.58 bits per heavy atom. The van der Waals surface area contributed by atoms with E-state index < -0.39 is 12.1 Å². The van der Waals surface area contributed by atoms with Crippen LogP contribution in [0.1, 0.15) is 29.5 Å². The maximum Gasteiger partial charge on any atom is 0.306 e. The van der Waals surface area contributed by atoms with Gasteiger partial charge >= 0.3 is 5.97 Å². The Bertz CT molecular complexity index is 456. The molecule has 1 unspecified atom stereocenters. The first kappa shape index (κ1) is 15.2. The molecule has 0 aliphatic rings. The summed E-state index contributed by atoms with van der Waals surface area (Å²) in [7, 11) is 3.11. The number of aliphatic carboxylic acids is 1. The van der Waals surface area contributed by atoms with Crippen molar-refractivity contribution in [3.05, 3.63) is 17.5 Å². The lowest BCUT2D eigenvalue weighted by atomic mass is 10.2. The van der Waals surface area contributed by atoms with E-state index >= 15 is 0 Å². The molecular formula is C12H19N3O4. The van der Waals surface area contributed by atoms with Crippen LogP contribution in [0.25, 0.3) is 0 Å². The van der Waals surface area contributed by atoms with Crippen LogP contribution in [-0.2, 0) is 23.0 Å². The Balaban J connectivity index is 2.58. The van der Waals surface area contributed by atoms with Crippen molar-refractivity contribution >= 4 is 11.9 Å². The van der Waals surface area contributed by atoms with Gasteiger partial charge in [0.25, 0.3) is 5.91 Å².